The van der Waals surface area contributed by atoms with E-state index in [0.29, 0.717) is 17.5 Å². The highest BCUT2D eigenvalue weighted by molar-refractivity contribution is 7.27. The summed E-state index contributed by atoms with van der Waals surface area (Å²) < 4.78 is 7.47. The van der Waals surface area contributed by atoms with Crippen LogP contribution in [0.25, 0.3) is 143 Å². The second-order valence-electron chi connectivity index (χ2n) is 18.3. The monoisotopic (exact) mass is 949 g/mol. The summed E-state index contributed by atoms with van der Waals surface area (Å²) in [6.45, 7) is 0. The highest BCUT2D eigenvalue weighted by atomic mass is 32.1. The minimum atomic E-state index is 0.525. The maximum absolute atomic E-state index is 5.48. The average molecular weight is 950 g/mol. The fourth-order valence-corrected chi connectivity index (χ4v) is 12.2. The van der Waals surface area contributed by atoms with E-state index >= 15 is 0 Å². The lowest BCUT2D eigenvalue weighted by Gasteiger charge is -2.17. The number of thiophene rings is 1. The molecule has 5 heterocycles. The highest BCUT2D eigenvalue weighted by Crippen LogP contribution is 2.51. The normalized spacial score (nSPS) is 11.8. The van der Waals surface area contributed by atoms with Gasteiger partial charge in [0.2, 0.25) is 0 Å². The van der Waals surface area contributed by atoms with Gasteiger partial charge in [0.05, 0.1) is 44.5 Å². The standard InChI is InChI=1S/C65H39N7S/c1-5-21-40(22-6-1)58-59(67-51-33-17-16-32-50(51)66-58)45-38-37-44(39-49(45)65-69-63(41-23-7-2-8-24-41)68-64(70-65)42-25-9-3-10-26-42)72-53-35-19-14-30-47(53)56-60(72)55-46-29-13-18-34-52(46)71(43-27-11-4-12-28-43)61(55)57-48-31-15-20-36-54(48)73-62(56)57/h1-39H. The van der Waals surface area contributed by atoms with Crippen molar-refractivity contribution in [2.75, 3.05) is 0 Å². The lowest BCUT2D eigenvalue weighted by atomic mass is 9.97. The van der Waals surface area contributed by atoms with Crippen LogP contribution in [0.1, 0.15) is 0 Å². The molecule has 0 unspecified atom stereocenters. The molecule has 0 radical (unpaired) electrons. The number of hydrogen-bond donors (Lipinski definition) is 0. The highest BCUT2D eigenvalue weighted by Gasteiger charge is 2.28. The summed E-state index contributed by atoms with van der Waals surface area (Å²) in [6.07, 6.45) is 0. The summed E-state index contributed by atoms with van der Waals surface area (Å²) in [7, 11) is 0. The zero-order chi connectivity index (χ0) is 48.0. The smallest absolute Gasteiger partial charge is 0.164 e. The first-order valence-electron chi connectivity index (χ1n) is 24.4. The van der Waals surface area contributed by atoms with Crippen molar-refractivity contribution in [2.45, 2.75) is 0 Å². The van der Waals surface area contributed by atoms with Crippen LogP contribution in [-0.2, 0) is 0 Å². The van der Waals surface area contributed by atoms with Gasteiger partial charge in [-0.1, -0.05) is 176 Å². The number of hydrogen-bond acceptors (Lipinski definition) is 6. The Bertz CT molecular complexity index is 4600. The fourth-order valence-electron chi connectivity index (χ4n) is 11.0. The topological polar surface area (TPSA) is 74.3 Å². The Morgan fingerprint density at radius 2 is 0.781 bits per heavy atom. The first-order valence-corrected chi connectivity index (χ1v) is 25.2. The molecule has 0 atom stereocenters. The van der Waals surface area contributed by atoms with Crippen molar-refractivity contribution in [3.8, 4) is 68.1 Å². The zero-order valence-corrected chi connectivity index (χ0v) is 39.9. The molecule has 7 nitrogen and oxygen atoms in total. The molecule has 8 heteroatoms. The second-order valence-corrected chi connectivity index (χ2v) is 19.4. The molecule has 5 aromatic heterocycles. The van der Waals surface area contributed by atoms with E-state index in [1.54, 1.807) is 0 Å². The molecule has 0 amide bonds. The van der Waals surface area contributed by atoms with Gasteiger partial charge in [0.1, 0.15) is 0 Å². The van der Waals surface area contributed by atoms with Crippen LogP contribution < -0.4 is 0 Å². The Hall–Kier alpha value is -9.63. The number of fused-ring (bicyclic) bond motifs is 13. The van der Waals surface area contributed by atoms with Gasteiger partial charge in [0.25, 0.3) is 0 Å². The predicted molar refractivity (Wildman–Crippen MR) is 302 cm³/mol. The van der Waals surface area contributed by atoms with E-state index in [4.69, 9.17) is 24.9 Å². The van der Waals surface area contributed by atoms with Crippen LogP contribution in [0.2, 0.25) is 0 Å². The molecule has 0 spiro atoms. The van der Waals surface area contributed by atoms with Gasteiger partial charge in [-0.15, -0.1) is 11.3 Å². The van der Waals surface area contributed by atoms with Crippen molar-refractivity contribution in [1.29, 1.82) is 0 Å². The lowest BCUT2D eigenvalue weighted by molar-refractivity contribution is 1.07. The summed E-state index contributed by atoms with van der Waals surface area (Å²) in [6, 6.07) is 82.9. The van der Waals surface area contributed by atoms with E-state index in [0.717, 1.165) is 78.2 Å². The number of rotatable bonds is 7. The van der Waals surface area contributed by atoms with Gasteiger partial charge in [0, 0.05) is 80.9 Å². The van der Waals surface area contributed by atoms with E-state index in [1.165, 1.54) is 47.2 Å². The molecule has 73 heavy (non-hydrogen) atoms. The van der Waals surface area contributed by atoms with Crippen LogP contribution in [0.3, 0.4) is 0 Å². The minimum absolute atomic E-state index is 0.525. The summed E-state index contributed by atoms with van der Waals surface area (Å²) in [5.41, 5.74) is 14.2. The molecule has 0 aliphatic carbocycles. The van der Waals surface area contributed by atoms with E-state index in [-0.39, 0.29) is 0 Å². The predicted octanol–water partition coefficient (Wildman–Crippen LogP) is 16.7. The summed E-state index contributed by atoms with van der Waals surface area (Å²) >= 11 is 1.87. The van der Waals surface area contributed by atoms with Crippen molar-refractivity contribution in [1.82, 2.24) is 34.1 Å². The van der Waals surface area contributed by atoms with Crippen molar-refractivity contribution >= 4 is 86.2 Å². The molecule has 0 aliphatic heterocycles. The van der Waals surface area contributed by atoms with Gasteiger partial charge in [-0.05, 0) is 60.7 Å². The molecule has 340 valence electrons. The average Bonchev–Trinajstić information content (AvgIpc) is 4.14. The van der Waals surface area contributed by atoms with E-state index < -0.39 is 0 Å². The fraction of sp³-hybridized carbons (Fsp3) is 0. The number of para-hydroxylation sites is 5. The zero-order valence-electron chi connectivity index (χ0n) is 39.1. The van der Waals surface area contributed by atoms with E-state index in [9.17, 15) is 0 Å². The van der Waals surface area contributed by atoms with Crippen LogP contribution in [0.15, 0.2) is 237 Å². The Morgan fingerprint density at radius 3 is 1.41 bits per heavy atom. The Labute approximate surface area is 422 Å². The molecule has 15 rings (SSSR count). The third-order valence-electron chi connectivity index (χ3n) is 14.1. The van der Waals surface area contributed by atoms with Crippen LogP contribution in [0.4, 0.5) is 0 Å². The SMILES string of the molecule is c1ccc(-c2nc(-c3ccccc3)nc(-c3cc(-n4c5ccccc5c5c6sc7ccccc7c6c6c(c7ccccc7n6-c6ccccc6)c54)ccc3-c3nc4ccccc4nc3-c3ccccc3)n2)cc1. The van der Waals surface area contributed by atoms with Gasteiger partial charge >= 0.3 is 0 Å². The van der Waals surface area contributed by atoms with E-state index in [1.807, 2.05) is 78.1 Å². The summed E-state index contributed by atoms with van der Waals surface area (Å²) in [4.78, 5) is 26.8. The maximum Gasteiger partial charge on any atom is 0.164 e. The lowest BCUT2D eigenvalue weighted by Crippen LogP contribution is -2.04. The third-order valence-corrected chi connectivity index (χ3v) is 15.3. The Kier molecular flexibility index (Phi) is 9.30. The molecule has 15 aromatic rings. The van der Waals surface area contributed by atoms with Gasteiger partial charge in [-0.25, -0.2) is 24.9 Å². The second kappa shape index (κ2) is 16.5. The molecule has 0 N–H and O–H groups in total. The van der Waals surface area contributed by atoms with E-state index in [2.05, 4.69) is 179 Å². The quantitative estimate of drug-likeness (QED) is 0.159. The first kappa shape index (κ1) is 41.2. The van der Waals surface area contributed by atoms with Crippen molar-refractivity contribution < 1.29 is 0 Å². The molecular weight excluding hydrogens is 911 g/mol. The van der Waals surface area contributed by atoms with Crippen LogP contribution in [-0.4, -0.2) is 34.1 Å². The van der Waals surface area contributed by atoms with Gasteiger partial charge < -0.3 is 9.13 Å². The van der Waals surface area contributed by atoms with Crippen molar-refractivity contribution in [3.05, 3.63) is 237 Å². The Morgan fingerprint density at radius 1 is 0.315 bits per heavy atom. The number of benzene rings is 10. The third kappa shape index (κ3) is 6.47. The Balaban J connectivity index is 1.11. The molecule has 0 bridgehead atoms. The molecule has 10 aromatic carbocycles. The molecule has 0 aliphatic rings. The first-order chi connectivity index (χ1) is 36.2. The van der Waals surface area contributed by atoms with Crippen LogP contribution in [0.5, 0.6) is 0 Å². The van der Waals surface area contributed by atoms with Gasteiger partial charge in [0.15, 0.2) is 17.5 Å². The van der Waals surface area contributed by atoms with Crippen molar-refractivity contribution in [3.63, 3.8) is 0 Å². The largest absolute Gasteiger partial charge is 0.308 e. The molecular formula is C65H39N7S. The maximum atomic E-state index is 5.48. The van der Waals surface area contributed by atoms with Crippen molar-refractivity contribution in [2.24, 2.45) is 0 Å². The van der Waals surface area contributed by atoms with Crippen LogP contribution >= 0.6 is 11.3 Å². The number of nitrogens with zero attached hydrogens (tertiary/aromatic N) is 7. The minimum Gasteiger partial charge on any atom is -0.308 e. The summed E-state index contributed by atoms with van der Waals surface area (Å²) in [5.74, 6) is 1.68. The van der Waals surface area contributed by atoms with Gasteiger partial charge in [-0.2, -0.15) is 0 Å². The molecule has 0 saturated carbocycles. The van der Waals surface area contributed by atoms with Gasteiger partial charge in [-0.3, -0.25) is 0 Å². The van der Waals surface area contributed by atoms with Crippen LogP contribution in [0, 0.1) is 0 Å². The number of aromatic nitrogens is 7. The molecule has 0 fully saturated rings. The summed E-state index contributed by atoms with van der Waals surface area (Å²) in [5, 5.41) is 7.30. The molecule has 0 saturated heterocycles.